The van der Waals surface area contributed by atoms with Gasteiger partial charge in [0.15, 0.2) is 0 Å². The van der Waals surface area contributed by atoms with E-state index in [2.05, 4.69) is 10.1 Å². The van der Waals surface area contributed by atoms with Gasteiger partial charge in [0, 0.05) is 11.3 Å². The molecule has 2 N–H and O–H groups in total. The molecule has 0 saturated carbocycles. The van der Waals surface area contributed by atoms with E-state index in [1.54, 1.807) is 19.1 Å². The zero-order valence-corrected chi connectivity index (χ0v) is 17.2. The number of nitrogens with zero attached hydrogens (tertiary/aromatic N) is 1. The van der Waals surface area contributed by atoms with Crippen molar-refractivity contribution in [2.75, 3.05) is 11.9 Å². The average Bonchev–Trinajstić information content (AvgIpc) is 2.92. The van der Waals surface area contributed by atoms with Crippen molar-refractivity contribution in [1.82, 2.24) is 4.90 Å². The summed E-state index contributed by atoms with van der Waals surface area (Å²) in [5, 5.41) is 12.1. The molecule has 0 bridgehead atoms. The highest BCUT2D eigenvalue weighted by Crippen LogP contribution is 2.34. The minimum atomic E-state index is -3.00. The first kappa shape index (κ1) is 21.7. The number of carbonyl (C=O) groups excluding carboxylic acids is 2. The van der Waals surface area contributed by atoms with Gasteiger partial charge in [-0.25, -0.2) is 0 Å². The maximum absolute atomic E-state index is 12.7. The first-order valence-corrected chi connectivity index (χ1v) is 9.85. The highest BCUT2D eigenvalue weighted by atomic mass is 32.2. The molecule has 0 atom stereocenters. The van der Waals surface area contributed by atoms with Gasteiger partial charge in [0.2, 0.25) is 5.91 Å². The Hall–Kier alpha value is -2.98. The van der Waals surface area contributed by atoms with Gasteiger partial charge in [-0.15, -0.1) is 0 Å². The summed E-state index contributed by atoms with van der Waals surface area (Å²) in [5.41, 5.74) is 1.45. The van der Waals surface area contributed by atoms with E-state index in [4.69, 9.17) is 12.2 Å². The molecule has 0 radical (unpaired) electrons. The fourth-order valence-corrected chi connectivity index (χ4v) is 3.95. The van der Waals surface area contributed by atoms with E-state index >= 15 is 0 Å². The largest absolute Gasteiger partial charge is 0.508 e. The van der Waals surface area contributed by atoms with E-state index in [0.717, 1.165) is 16.7 Å². The topological polar surface area (TPSA) is 78.9 Å². The summed E-state index contributed by atoms with van der Waals surface area (Å²) in [6.45, 7) is -1.59. The highest BCUT2D eigenvalue weighted by molar-refractivity contribution is 8.26. The van der Waals surface area contributed by atoms with Crippen molar-refractivity contribution in [1.29, 1.82) is 0 Å². The number of aromatic hydroxyl groups is 1. The predicted octanol–water partition coefficient (Wildman–Crippen LogP) is 4.14. The summed E-state index contributed by atoms with van der Waals surface area (Å²) < 4.78 is 29.8. The Balaban J connectivity index is 1.73. The van der Waals surface area contributed by atoms with Gasteiger partial charge in [-0.1, -0.05) is 42.2 Å². The van der Waals surface area contributed by atoms with E-state index in [9.17, 15) is 23.5 Å². The minimum absolute atomic E-state index is 0.0710. The monoisotopic (exact) mass is 450 g/mol. The lowest BCUT2D eigenvalue weighted by molar-refractivity contribution is -0.126. The van der Waals surface area contributed by atoms with Gasteiger partial charge >= 0.3 is 6.61 Å². The number of anilines is 1. The summed E-state index contributed by atoms with van der Waals surface area (Å²) in [7, 11) is 0. The quantitative estimate of drug-likeness (QED) is 0.391. The molecule has 156 valence electrons. The SMILES string of the molecule is Cc1cc(O)ccc1NC(=O)CN1C(=O)/C(=C/c2ccccc2OC(F)F)SC1=S. The number of benzene rings is 2. The average molecular weight is 450 g/mol. The molecule has 1 aliphatic heterocycles. The van der Waals surface area contributed by atoms with E-state index in [1.165, 1.54) is 36.4 Å². The normalized spacial score (nSPS) is 15.2. The number of carbonyl (C=O) groups is 2. The first-order chi connectivity index (χ1) is 14.2. The molecule has 2 amide bonds. The number of hydrogen-bond donors (Lipinski definition) is 2. The Kier molecular flexibility index (Phi) is 6.68. The van der Waals surface area contributed by atoms with Crippen molar-refractivity contribution in [3.05, 3.63) is 58.5 Å². The van der Waals surface area contributed by atoms with Crippen LogP contribution in [0.5, 0.6) is 11.5 Å². The van der Waals surface area contributed by atoms with E-state index < -0.39 is 18.4 Å². The van der Waals surface area contributed by atoms with Crippen LogP contribution in [0.4, 0.5) is 14.5 Å². The van der Waals surface area contributed by atoms with Crippen molar-refractivity contribution < 1.29 is 28.2 Å². The van der Waals surface area contributed by atoms with Crippen LogP contribution < -0.4 is 10.1 Å². The van der Waals surface area contributed by atoms with Crippen molar-refractivity contribution in [2.24, 2.45) is 0 Å². The first-order valence-electron chi connectivity index (χ1n) is 8.63. The number of phenols is 1. The highest BCUT2D eigenvalue weighted by Gasteiger charge is 2.33. The van der Waals surface area contributed by atoms with Gasteiger partial charge in [-0.05, 0) is 42.8 Å². The molecular weight excluding hydrogens is 434 g/mol. The second kappa shape index (κ2) is 9.23. The molecule has 1 heterocycles. The Morgan fingerprint density at radius 2 is 2.07 bits per heavy atom. The lowest BCUT2D eigenvalue weighted by Crippen LogP contribution is -2.36. The van der Waals surface area contributed by atoms with Crippen LogP contribution in [0.2, 0.25) is 0 Å². The molecule has 2 aromatic carbocycles. The molecular formula is C20H16F2N2O4S2. The summed E-state index contributed by atoms with van der Waals surface area (Å²) in [4.78, 5) is 26.4. The smallest absolute Gasteiger partial charge is 0.387 e. The van der Waals surface area contributed by atoms with Crippen LogP contribution in [0.1, 0.15) is 11.1 Å². The standard InChI is InChI=1S/C20H16F2N2O4S2/c1-11-8-13(25)6-7-14(11)23-17(26)10-24-18(27)16(30-20(24)29)9-12-4-2-3-5-15(12)28-19(21)22/h2-9,19,25H,10H2,1H3,(H,23,26)/b16-9-. The van der Waals surface area contributed by atoms with Gasteiger partial charge in [0.1, 0.15) is 22.4 Å². The molecule has 3 rings (SSSR count). The van der Waals surface area contributed by atoms with Crippen molar-refractivity contribution in [3.63, 3.8) is 0 Å². The molecule has 1 fully saturated rings. The molecule has 1 saturated heterocycles. The number of hydrogen-bond acceptors (Lipinski definition) is 6. The van der Waals surface area contributed by atoms with Crippen LogP contribution >= 0.6 is 24.0 Å². The number of para-hydroxylation sites is 1. The number of aryl methyl sites for hydroxylation is 1. The molecule has 10 heteroatoms. The van der Waals surface area contributed by atoms with Crippen LogP contribution in [0, 0.1) is 6.92 Å². The maximum Gasteiger partial charge on any atom is 0.387 e. The molecule has 0 unspecified atom stereocenters. The van der Waals surface area contributed by atoms with Gasteiger partial charge in [0.05, 0.1) is 4.91 Å². The fraction of sp³-hybridized carbons (Fsp3) is 0.150. The van der Waals surface area contributed by atoms with Crippen molar-refractivity contribution in [3.8, 4) is 11.5 Å². The number of amides is 2. The predicted molar refractivity (Wildman–Crippen MR) is 114 cm³/mol. The number of nitrogens with one attached hydrogen (secondary N) is 1. The number of halogens is 2. The summed E-state index contributed by atoms with van der Waals surface area (Å²) in [6, 6.07) is 10.5. The van der Waals surface area contributed by atoms with E-state index in [0.29, 0.717) is 16.8 Å². The minimum Gasteiger partial charge on any atom is -0.508 e. The van der Waals surface area contributed by atoms with Crippen LogP contribution in [0.25, 0.3) is 6.08 Å². The van der Waals surface area contributed by atoms with Crippen LogP contribution in [-0.4, -0.2) is 39.3 Å². The summed E-state index contributed by atoms with van der Waals surface area (Å²) >= 11 is 6.17. The lowest BCUT2D eigenvalue weighted by atomic mass is 10.2. The third kappa shape index (κ3) is 5.14. The lowest BCUT2D eigenvalue weighted by Gasteiger charge is -2.15. The maximum atomic E-state index is 12.7. The van der Waals surface area contributed by atoms with Crippen LogP contribution in [0.15, 0.2) is 47.4 Å². The van der Waals surface area contributed by atoms with Gasteiger partial charge in [-0.2, -0.15) is 8.78 Å². The molecule has 30 heavy (non-hydrogen) atoms. The Bertz CT molecular complexity index is 1040. The van der Waals surface area contributed by atoms with Crippen molar-refractivity contribution >= 4 is 51.9 Å². The number of thiocarbonyl (C=S) groups is 1. The molecule has 0 aliphatic carbocycles. The molecule has 1 aliphatic rings. The van der Waals surface area contributed by atoms with Crippen LogP contribution in [-0.2, 0) is 9.59 Å². The number of rotatable bonds is 6. The number of phenolic OH excluding ortho intramolecular Hbond substituents is 1. The van der Waals surface area contributed by atoms with Crippen molar-refractivity contribution in [2.45, 2.75) is 13.5 Å². The molecule has 6 nitrogen and oxygen atoms in total. The second-order valence-corrected chi connectivity index (χ2v) is 7.91. The zero-order chi connectivity index (χ0) is 21.8. The van der Waals surface area contributed by atoms with E-state index in [1.807, 2.05) is 0 Å². The zero-order valence-electron chi connectivity index (χ0n) is 15.6. The Morgan fingerprint density at radius 1 is 1.33 bits per heavy atom. The third-order valence-corrected chi connectivity index (χ3v) is 5.46. The molecule has 0 spiro atoms. The van der Waals surface area contributed by atoms with Gasteiger partial charge in [-0.3, -0.25) is 14.5 Å². The summed E-state index contributed by atoms with van der Waals surface area (Å²) in [5.74, 6) is -0.973. The van der Waals surface area contributed by atoms with Gasteiger partial charge in [0.25, 0.3) is 5.91 Å². The van der Waals surface area contributed by atoms with Crippen LogP contribution in [0.3, 0.4) is 0 Å². The number of alkyl halides is 2. The molecule has 0 aromatic heterocycles. The molecule has 2 aromatic rings. The van der Waals surface area contributed by atoms with Gasteiger partial charge < -0.3 is 15.2 Å². The number of ether oxygens (including phenoxy) is 1. The third-order valence-electron chi connectivity index (χ3n) is 4.08. The second-order valence-electron chi connectivity index (χ2n) is 6.23. The fourth-order valence-electron chi connectivity index (χ4n) is 2.70. The van der Waals surface area contributed by atoms with E-state index in [-0.39, 0.29) is 27.3 Å². The number of thioether (sulfide) groups is 1. The Labute approximate surface area is 180 Å². The Morgan fingerprint density at radius 3 is 2.77 bits per heavy atom. The summed E-state index contributed by atoms with van der Waals surface area (Å²) in [6.07, 6.45) is 1.40.